The molecule has 3 rings (SSSR count). The average molecular weight is 429 g/mol. The predicted octanol–water partition coefficient (Wildman–Crippen LogP) is 2.70. The van der Waals surface area contributed by atoms with Gasteiger partial charge in [-0.1, -0.05) is 0 Å². The predicted molar refractivity (Wildman–Crippen MR) is 86.9 cm³/mol. The normalized spacial score (nSPS) is 10.8. The first kappa shape index (κ1) is 13.0. The molecule has 0 radical (unpaired) electrons. The van der Waals surface area contributed by atoms with Gasteiger partial charge in [0.05, 0.1) is 0 Å². The fourth-order valence-electron chi connectivity index (χ4n) is 1.81. The van der Waals surface area contributed by atoms with Crippen molar-refractivity contribution in [3.63, 3.8) is 0 Å². The van der Waals surface area contributed by atoms with Crippen molar-refractivity contribution in [1.29, 1.82) is 0 Å². The number of hydrogen-bond donors (Lipinski definition) is 0. The van der Waals surface area contributed by atoms with Gasteiger partial charge < -0.3 is 0 Å². The third-order valence-electron chi connectivity index (χ3n) is 2.78. The number of benzene rings is 2. The van der Waals surface area contributed by atoms with Crippen LogP contribution in [0.3, 0.4) is 0 Å². The van der Waals surface area contributed by atoms with Crippen molar-refractivity contribution in [2.24, 2.45) is 0 Å². The number of para-hydroxylation sites is 1. The summed E-state index contributed by atoms with van der Waals surface area (Å²) in [4.78, 5) is 0. The summed E-state index contributed by atoms with van der Waals surface area (Å²) >= 11 is 2.55. The Bertz CT molecular complexity index is 704. The van der Waals surface area contributed by atoms with Gasteiger partial charge in [0, 0.05) is 0 Å². The maximum absolute atomic E-state index is 5.95. The molecule has 0 N–H and O–H groups in total. The van der Waals surface area contributed by atoms with Crippen LogP contribution in [0, 0.1) is 3.57 Å². The Kier molecular flexibility index (Phi) is 3.82. The number of halogens is 1. The second-order valence-corrected chi connectivity index (χ2v) is 7.25. The molecule has 1 heterocycles. The molecule has 3 aromatic rings. The molecule has 0 saturated heterocycles. The maximum atomic E-state index is 5.95. The molecule has 0 aliphatic heterocycles. The molecule has 96 valence electrons. The van der Waals surface area contributed by atoms with Crippen LogP contribution >= 0.6 is 22.6 Å². The van der Waals surface area contributed by atoms with E-state index in [2.05, 4.69) is 40.8 Å². The third kappa shape index (κ3) is 2.66. The number of hydrogen-bond acceptors (Lipinski definition) is 2. The van der Waals surface area contributed by atoms with Gasteiger partial charge in [-0.05, 0) is 0 Å². The summed E-state index contributed by atoms with van der Waals surface area (Å²) in [7, 11) is 1.68. The van der Waals surface area contributed by atoms with Crippen LogP contribution in [0.2, 0.25) is 0 Å². The van der Waals surface area contributed by atoms with Gasteiger partial charge in [-0.15, -0.1) is 0 Å². The van der Waals surface area contributed by atoms with Crippen molar-refractivity contribution >= 4 is 57.6 Å². The summed E-state index contributed by atoms with van der Waals surface area (Å²) < 4.78 is 14.7. The van der Waals surface area contributed by atoms with E-state index in [4.69, 9.17) is 9.15 Å². The molecule has 0 aliphatic rings. The Labute approximate surface area is 131 Å². The minimum absolute atomic E-state index is 0.182. The Hall–Kier alpha value is -0.971. The zero-order chi connectivity index (χ0) is 13.2. The quantitative estimate of drug-likeness (QED) is 0.472. The van der Waals surface area contributed by atoms with E-state index in [1.807, 2.05) is 30.3 Å². The summed E-state index contributed by atoms with van der Waals surface area (Å²) in [6.45, 7) is 0. The molecule has 0 fully saturated rings. The van der Waals surface area contributed by atoms with Gasteiger partial charge in [0.25, 0.3) is 0 Å². The Morgan fingerprint density at radius 3 is 2.47 bits per heavy atom. The van der Waals surface area contributed by atoms with Crippen LogP contribution < -0.4 is 13.9 Å². The van der Waals surface area contributed by atoms with E-state index >= 15 is 0 Å². The van der Waals surface area contributed by atoms with Gasteiger partial charge in [-0.2, -0.15) is 0 Å². The van der Waals surface area contributed by atoms with E-state index in [1.165, 1.54) is 13.4 Å². The van der Waals surface area contributed by atoms with Gasteiger partial charge in [-0.3, -0.25) is 0 Å². The first-order chi connectivity index (χ1) is 9.28. The Morgan fingerprint density at radius 2 is 1.79 bits per heavy atom. The van der Waals surface area contributed by atoms with E-state index in [0.717, 1.165) is 16.0 Å². The summed E-state index contributed by atoms with van der Waals surface area (Å²) in [5, 5.41) is 1.20. The molecule has 2 nitrogen and oxygen atoms in total. The number of ether oxygens (including phenoxy) is 1. The summed E-state index contributed by atoms with van der Waals surface area (Å²) in [5.74, 6) is 0.888. The molecular weight excluding hydrogens is 418 g/mol. The zero-order valence-corrected chi connectivity index (χ0v) is 14.1. The van der Waals surface area contributed by atoms with Crippen LogP contribution in [0.15, 0.2) is 52.9 Å². The van der Waals surface area contributed by atoms with Crippen molar-refractivity contribution in [1.82, 2.24) is 0 Å². The van der Waals surface area contributed by atoms with Gasteiger partial charge in [-0.25, -0.2) is 0 Å². The van der Waals surface area contributed by atoms with Gasteiger partial charge in [0.2, 0.25) is 0 Å². The molecule has 0 unspecified atom stereocenters. The fourth-order valence-corrected chi connectivity index (χ4v) is 4.65. The Morgan fingerprint density at radius 1 is 1.05 bits per heavy atom. The molecule has 1 aromatic heterocycles. The first-order valence-electron chi connectivity index (χ1n) is 5.77. The molecule has 0 atom stereocenters. The van der Waals surface area contributed by atoms with Crippen LogP contribution in [-0.4, -0.2) is 22.1 Å². The molecule has 0 bridgehead atoms. The monoisotopic (exact) mass is 430 g/mol. The summed E-state index contributed by atoms with van der Waals surface area (Å²) in [5.41, 5.74) is 0.970. The second-order valence-electron chi connectivity index (χ2n) is 3.98. The van der Waals surface area contributed by atoms with Gasteiger partial charge in [0.15, 0.2) is 0 Å². The van der Waals surface area contributed by atoms with Crippen molar-refractivity contribution < 1.29 is 9.15 Å². The van der Waals surface area contributed by atoms with Crippen LogP contribution in [0.4, 0.5) is 0 Å². The van der Waals surface area contributed by atoms with Crippen LogP contribution in [0.25, 0.3) is 11.0 Å². The molecule has 0 spiro atoms. The summed E-state index contributed by atoms with van der Waals surface area (Å²) in [6, 6.07) is 16.4. The van der Waals surface area contributed by atoms with Crippen LogP contribution in [-0.2, 0) is 0 Å². The van der Waals surface area contributed by atoms with Crippen molar-refractivity contribution in [3.8, 4) is 5.75 Å². The van der Waals surface area contributed by atoms with Gasteiger partial charge in [0.1, 0.15) is 0 Å². The van der Waals surface area contributed by atoms with Crippen LogP contribution in [0.1, 0.15) is 0 Å². The first-order valence-corrected chi connectivity index (χ1v) is 8.56. The number of rotatable bonds is 3. The molecule has 0 aliphatic carbocycles. The standard InChI is InChI=1S/C15H11IO2Se/c1-17-10-6-8-11(9-7-10)19-15-14(16)12-4-2-3-5-13(12)18-15/h2-9H,1H3. The third-order valence-corrected chi connectivity index (χ3v) is 6.73. The number of fused-ring (bicyclic) bond motifs is 1. The molecule has 0 amide bonds. The SMILES string of the molecule is COc1ccc([Se]c2oc3ccccc3c2I)cc1. The molecule has 2 aromatic carbocycles. The van der Waals surface area contributed by atoms with E-state index in [9.17, 15) is 0 Å². The average Bonchev–Trinajstić information content (AvgIpc) is 2.77. The van der Waals surface area contributed by atoms with Gasteiger partial charge >= 0.3 is 132 Å². The minimum atomic E-state index is 0.182. The topological polar surface area (TPSA) is 22.4 Å². The Balaban J connectivity index is 1.94. The van der Waals surface area contributed by atoms with E-state index in [-0.39, 0.29) is 15.0 Å². The van der Waals surface area contributed by atoms with E-state index in [1.54, 1.807) is 7.11 Å². The number of furan rings is 1. The zero-order valence-electron chi connectivity index (χ0n) is 10.2. The van der Waals surface area contributed by atoms with Crippen LogP contribution in [0.5, 0.6) is 5.75 Å². The number of methoxy groups -OCH3 is 1. The molecule has 0 saturated carbocycles. The summed E-state index contributed by atoms with van der Waals surface area (Å²) in [6.07, 6.45) is 0. The van der Waals surface area contributed by atoms with Crippen molar-refractivity contribution in [3.05, 3.63) is 52.1 Å². The van der Waals surface area contributed by atoms with E-state index in [0.29, 0.717) is 0 Å². The molecular formula is C15H11IO2Se. The van der Waals surface area contributed by atoms with Crippen molar-refractivity contribution in [2.75, 3.05) is 7.11 Å². The molecule has 4 heteroatoms. The molecule has 19 heavy (non-hydrogen) atoms. The van der Waals surface area contributed by atoms with Crippen molar-refractivity contribution in [2.45, 2.75) is 0 Å². The van der Waals surface area contributed by atoms with E-state index < -0.39 is 0 Å². The fraction of sp³-hybridized carbons (Fsp3) is 0.0667. The second kappa shape index (κ2) is 5.57.